The first-order valence-electron chi connectivity index (χ1n) is 9.00. The van der Waals surface area contributed by atoms with Crippen molar-refractivity contribution in [3.05, 3.63) is 35.5 Å². The largest absolute Gasteiger partial charge is 0.477 e. The molecular formula is C19H23N5OS. The van der Waals surface area contributed by atoms with E-state index in [1.54, 1.807) is 11.3 Å². The van der Waals surface area contributed by atoms with E-state index in [1.165, 1.54) is 4.70 Å². The molecule has 1 fully saturated rings. The maximum atomic E-state index is 6.04. The number of nitrogens with zero attached hydrogens (tertiary/aromatic N) is 5. The van der Waals surface area contributed by atoms with Gasteiger partial charge in [-0.3, -0.25) is 4.98 Å². The van der Waals surface area contributed by atoms with E-state index in [4.69, 9.17) is 9.72 Å². The van der Waals surface area contributed by atoms with Gasteiger partial charge in [0.05, 0.1) is 17.5 Å². The third-order valence-corrected chi connectivity index (χ3v) is 6.07. The van der Waals surface area contributed by atoms with Crippen LogP contribution in [-0.2, 0) is 0 Å². The van der Waals surface area contributed by atoms with Gasteiger partial charge in [0.25, 0.3) is 0 Å². The first-order valence-corrected chi connectivity index (χ1v) is 9.82. The standard InChI is InChI=1S/C19H23N5OS/c1-12-13(2)21-14(3)22-18(12)25-11-15-5-8-24(9-6-15)19-23-16-10-20-7-4-17(16)26-19/h4,7,10,15H,5-6,8-9,11H2,1-3H3. The zero-order valence-corrected chi connectivity index (χ0v) is 16.2. The molecule has 1 aliphatic heterocycles. The lowest BCUT2D eigenvalue weighted by Gasteiger charge is -2.31. The highest BCUT2D eigenvalue weighted by atomic mass is 32.1. The van der Waals surface area contributed by atoms with E-state index in [9.17, 15) is 0 Å². The van der Waals surface area contributed by atoms with E-state index < -0.39 is 0 Å². The van der Waals surface area contributed by atoms with Gasteiger partial charge in [0.15, 0.2) is 5.13 Å². The lowest BCUT2D eigenvalue weighted by Crippen LogP contribution is -2.35. The van der Waals surface area contributed by atoms with E-state index >= 15 is 0 Å². The molecule has 0 radical (unpaired) electrons. The fourth-order valence-corrected chi connectivity index (χ4v) is 4.25. The zero-order valence-electron chi connectivity index (χ0n) is 15.4. The van der Waals surface area contributed by atoms with Gasteiger partial charge >= 0.3 is 0 Å². The number of piperidine rings is 1. The number of thiazole rings is 1. The molecule has 4 heterocycles. The second-order valence-corrected chi connectivity index (χ2v) is 7.88. The van der Waals surface area contributed by atoms with Crippen molar-refractivity contribution in [1.82, 2.24) is 19.9 Å². The fraction of sp³-hybridized carbons (Fsp3) is 0.474. The Hall–Kier alpha value is -2.28. The first kappa shape index (κ1) is 17.1. The molecule has 0 aromatic carbocycles. The summed E-state index contributed by atoms with van der Waals surface area (Å²) in [6, 6.07) is 2.03. The van der Waals surface area contributed by atoms with Crippen molar-refractivity contribution < 1.29 is 4.74 Å². The molecular weight excluding hydrogens is 346 g/mol. The van der Waals surface area contributed by atoms with Gasteiger partial charge in [-0.25, -0.2) is 9.97 Å². The average molecular weight is 369 g/mol. The molecule has 0 spiro atoms. The van der Waals surface area contributed by atoms with Crippen LogP contribution in [0.5, 0.6) is 5.88 Å². The molecule has 26 heavy (non-hydrogen) atoms. The second kappa shape index (κ2) is 7.15. The Bertz CT molecular complexity index is 884. The molecule has 1 aliphatic rings. The third kappa shape index (κ3) is 3.49. The summed E-state index contributed by atoms with van der Waals surface area (Å²) >= 11 is 1.75. The number of fused-ring (bicyclic) bond motifs is 1. The lowest BCUT2D eigenvalue weighted by atomic mass is 9.98. The van der Waals surface area contributed by atoms with Crippen molar-refractivity contribution in [2.45, 2.75) is 33.6 Å². The monoisotopic (exact) mass is 369 g/mol. The summed E-state index contributed by atoms with van der Waals surface area (Å²) in [5, 5.41) is 1.10. The van der Waals surface area contributed by atoms with Gasteiger partial charge in [0, 0.05) is 30.5 Å². The molecule has 3 aromatic rings. The van der Waals surface area contributed by atoms with Gasteiger partial charge in [-0.1, -0.05) is 11.3 Å². The van der Waals surface area contributed by atoms with Crippen LogP contribution in [0, 0.1) is 26.7 Å². The molecule has 6 nitrogen and oxygen atoms in total. The normalized spacial score (nSPS) is 15.6. The van der Waals surface area contributed by atoms with Crippen LogP contribution in [0.2, 0.25) is 0 Å². The lowest BCUT2D eigenvalue weighted by molar-refractivity contribution is 0.214. The van der Waals surface area contributed by atoms with Crippen molar-refractivity contribution in [1.29, 1.82) is 0 Å². The van der Waals surface area contributed by atoms with Crippen molar-refractivity contribution in [2.75, 3.05) is 24.6 Å². The summed E-state index contributed by atoms with van der Waals surface area (Å²) in [7, 11) is 0. The average Bonchev–Trinajstić information content (AvgIpc) is 3.08. The molecule has 136 valence electrons. The topological polar surface area (TPSA) is 64.0 Å². The highest BCUT2D eigenvalue weighted by molar-refractivity contribution is 7.22. The maximum Gasteiger partial charge on any atom is 0.219 e. The molecule has 0 bridgehead atoms. The maximum absolute atomic E-state index is 6.04. The minimum absolute atomic E-state index is 0.553. The van der Waals surface area contributed by atoms with E-state index in [0.717, 1.165) is 59.5 Å². The number of ether oxygens (including phenoxy) is 1. The van der Waals surface area contributed by atoms with Crippen LogP contribution in [0.4, 0.5) is 5.13 Å². The molecule has 1 saturated heterocycles. The van der Waals surface area contributed by atoms with Gasteiger partial charge in [-0.05, 0) is 45.6 Å². The van der Waals surface area contributed by atoms with Crippen LogP contribution < -0.4 is 9.64 Å². The molecule has 7 heteroatoms. The first-order chi connectivity index (χ1) is 12.6. The summed E-state index contributed by atoms with van der Waals surface area (Å²) in [5.41, 5.74) is 3.02. The Kier molecular flexibility index (Phi) is 4.72. The highest BCUT2D eigenvalue weighted by Crippen LogP contribution is 2.31. The Morgan fingerprint density at radius 3 is 2.73 bits per heavy atom. The third-order valence-electron chi connectivity index (χ3n) is 4.98. The smallest absolute Gasteiger partial charge is 0.219 e. The fourth-order valence-electron chi connectivity index (χ4n) is 3.27. The molecule has 0 unspecified atom stereocenters. The Morgan fingerprint density at radius 1 is 1.15 bits per heavy atom. The molecule has 0 atom stereocenters. The van der Waals surface area contributed by atoms with E-state index in [0.29, 0.717) is 12.5 Å². The predicted octanol–water partition coefficient (Wildman–Crippen LogP) is 3.70. The predicted molar refractivity (Wildman–Crippen MR) is 104 cm³/mol. The number of rotatable bonds is 4. The summed E-state index contributed by atoms with van der Waals surface area (Å²) in [6.45, 7) is 8.68. The van der Waals surface area contributed by atoms with Crippen molar-refractivity contribution >= 4 is 26.7 Å². The number of hydrogen-bond acceptors (Lipinski definition) is 7. The zero-order chi connectivity index (χ0) is 18.1. The van der Waals surface area contributed by atoms with Gasteiger partial charge in [-0.2, -0.15) is 4.98 Å². The summed E-state index contributed by atoms with van der Waals surface area (Å²) in [4.78, 5) is 20.1. The Morgan fingerprint density at radius 2 is 1.96 bits per heavy atom. The summed E-state index contributed by atoms with van der Waals surface area (Å²) in [6.07, 6.45) is 5.88. The molecule has 0 amide bonds. The van der Waals surface area contributed by atoms with E-state index in [1.807, 2.05) is 39.2 Å². The van der Waals surface area contributed by atoms with E-state index in [-0.39, 0.29) is 0 Å². The number of hydrogen-bond donors (Lipinski definition) is 0. The summed E-state index contributed by atoms with van der Waals surface area (Å²) in [5.74, 6) is 2.05. The van der Waals surface area contributed by atoms with Crippen LogP contribution in [-0.4, -0.2) is 39.6 Å². The van der Waals surface area contributed by atoms with Crippen molar-refractivity contribution in [2.24, 2.45) is 5.92 Å². The minimum atomic E-state index is 0.553. The molecule has 0 N–H and O–H groups in total. The molecule has 0 aliphatic carbocycles. The van der Waals surface area contributed by atoms with Crippen LogP contribution >= 0.6 is 11.3 Å². The number of anilines is 1. The molecule has 3 aromatic heterocycles. The van der Waals surface area contributed by atoms with Gasteiger partial charge in [0.1, 0.15) is 11.3 Å². The van der Waals surface area contributed by atoms with E-state index in [2.05, 4.69) is 19.9 Å². The highest BCUT2D eigenvalue weighted by Gasteiger charge is 2.22. The van der Waals surface area contributed by atoms with Crippen LogP contribution in [0.15, 0.2) is 18.5 Å². The van der Waals surface area contributed by atoms with Gasteiger partial charge < -0.3 is 9.64 Å². The SMILES string of the molecule is Cc1nc(C)c(C)c(OCC2CCN(c3nc4cnccc4s3)CC2)n1. The second-order valence-electron chi connectivity index (χ2n) is 6.87. The number of aromatic nitrogens is 4. The van der Waals surface area contributed by atoms with Crippen LogP contribution in [0.1, 0.15) is 29.9 Å². The quantitative estimate of drug-likeness (QED) is 0.699. The minimum Gasteiger partial charge on any atom is -0.477 e. The molecule has 4 rings (SSSR count). The number of pyridine rings is 1. The summed E-state index contributed by atoms with van der Waals surface area (Å²) < 4.78 is 7.24. The Balaban J connectivity index is 1.35. The Labute approximate surface area is 157 Å². The van der Waals surface area contributed by atoms with Crippen molar-refractivity contribution in [3.8, 4) is 5.88 Å². The number of aryl methyl sites for hydroxylation is 2. The van der Waals surface area contributed by atoms with Crippen molar-refractivity contribution in [3.63, 3.8) is 0 Å². The van der Waals surface area contributed by atoms with Crippen LogP contribution in [0.25, 0.3) is 10.2 Å². The van der Waals surface area contributed by atoms with Crippen LogP contribution in [0.3, 0.4) is 0 Å². The van der Waals surface area contributed by atoms with Gasteiger partial charge in [0.2, 0.25) is 5.88 Å². The molecule has 0 saturated carbocycles. The van der Waals surface area contributed by atoms with Gasteiger partial charge in [-0.15, -0.1) is 0 Å².